The lowest BCUT2D eigenvalue weighted by Gasteiger charge is -2.41. The molecule has 12 nitrogen and oxygen atoms in total. The molecule has 0 aliphatic heterocycles. The number of aromatic nitrogens is 5. The van der Waals surface area contributed by atoms with Crippen LogP contribution in [0.2, 0.25) is 0 Å². The number of carbonyl (C=O) groups excluding carboxylic acids is 1. The van der Waals surface area contributed by atoms with Crippen molar-refractivity contribution in [3.05, 3.63) is 81.9 Å². The molecule has 2 aromatic carbocycles. The summed E-state index contributed by atoms with van der Waals surface area (Å²) in [6, 6.07) is 11.7. The number of halogens is 1. The van der Waals surface area contributed by atoms with Crippen LogP contribution in [0.15, 0.2) is 59.3 Å². The molecular weight excluding hydrogens is 712 g/mol. The van der Waals surface area contributed by atoms with Crippen LogP contribution in [0.3, 0.4) is 0 Å². The Morgan fingerprint density at radius 2 is 1.67 bits per heavy atom. The molecule has 0 radical (unpaired) electrons. The number of amides is 1. The Morgan fingerprint density at radius 3 is 2.29 bits per heavy atom. The number of imidazole rings is 1. The van der Waals surface area contributed by atoms with E-state index in [2.05, 4.69) is 41.8 Å². The van der Waals surface area contributed by atoms with Gasteiger partial charge in [0.2, 0.25) is 0 Å². The van der Waals surface area contributed by atoms with Gasteiger partial charge in [-0.25, -0.2) is 19.7 Å². The second kappa shape index (κ2) is 13.5. The van der Waals surface area contributed by atoms with Crippen LogP contribution < -0.4 is 5.32 Å². The Morgan fingerprint density at radius 1 is 1.00 bits per heavy atom. The van der Waals surface area contributed by atoms with Crippen molar-refractivity contribution in [2.45, 2.75) is 56.4 Å². The molecule has 3 aromatic heterocycles. The highest BCUT2D eigenvalue weighted by atomic mass is 79.9. The van der Waals surface area contributed by atoms with Crippen LogP contribution in [-0.4, -0.2) is 60.3 Å². The molecule has 2 aliphatic rings. The topological polar surface area (TPSA) is 169 Å². The van der Waals surface area contributed by atoms with E-state index in [1.165, 1.54) is 18.4 Å². The van der Waals surface area contributed by atoms with Gasteiger partial charge >= 0.3 is 5.97 Å². The summed E-state index contributed by atoms with van der Waals surface area (Å²) in [5.74, 6) is 0.819. The van der Waals surface area contributed by atoms with E-state index in [0.29, 0.717) is 23.6 Å². The van der Waals surface area contributed by atoms with Crippen molar-refractivity contribution in [2.75, 3.05) is 6.26 Å². The van der Waals surface area contributed by atoms with Crippen LogP contribution in [0.5, 0.6) is 0 Å². The fourth-order valence-electron chi connectivity index (χ4n) is 7.07. The number of nitrogens with zero attached hydrogens (tertiary/aromatic N) is 5. The van der Waals surface area contributed by atoms with Crippen LogP contribution in [0.1, 0.15) is 78.2 Å². The number of carboxylic acids is 1. The number of rotatable bonds is 7. The van der Waals surface area contributed by atoms with Gasteiger partial charge in [0.15, 0.2) is 5.82 Å². The van der Waals surface area contributed by atoms with E-state index in [1.54, 1.807) is 18.5 Å². The van der Waals surface area contributed by atoms with E-state index in [1.807, 2.05) is 49.0 Å². The van der Waals surface area contributed by atoms with Crippen molar-refractivity contribution in [1.82, 2.24) is 29.4 Å². The first-order chi connectivity index (χ1) is 23.2. The van der Waals surface area contributed by atoms with Crippen molar-refractivity contribution in [3.8, 4) is 11.5 Å². The maximum absolute atomic E-state index is 13.9. The highest BCUT2D eigenvalue weighted by molar-refractivity contribution is 9.10. The number of carbonyl (C=O) groups is 2. The predicted molar refractivity (Wildman–Crippen MR) is 191 cm³/mol. The number of aliphatic carboxylic acids is 1. The Kier molecular flexibility index (Phi) is 9.48. The molecule has 49 heavy (non-hydrogen) atoms. The third kappa shape index (κ3) is 7.17. The number of benzene rings is 2. The predicted octanol–water partition coefficient (Wildman–Crippen LogP) is 6.35. The van der Waals surface area contributed by atoms with Crippen LogP contribution in [0.4, 0.5) is 0 Å². The molecule has 3 N–H and O–H groups in total. The number of hydrogen-bond acceptors (Lipinski definition) is 7. The van der Waals surface area contributed by atoms with Gasteiger partial charge in [0.1, 0.15) is 5.82 Å². The van der Waals surface area contributed by atoms with Gasteiger partial charge in [-0.05, 0) is 95.4 Å². The molecule has 2 saturated carbocycles. The van der Waals surface area contributed by atoms with E-state index < -0.39 is 21.6 Å². The summed E-state index contributed by atoms with van der Waals surface area (Å²) in [7, 11) is 0.323. The smallest absolute Gasteiger partial charge is 0.328 e. The number of nitrogens with one attached hydrogen (secondary N) is 1. The minimum atomic E-state index is -3.67. The Balaban J connectivity index is 0.000000778. The molecule has 0 saturated heterocycles. The highest BCUT2D eigenvalue weighted by Crippen LogP contribution is 2.45. The van der Waals surface area contributed by atoms with Crippen LogP contribution in [0, 0.1) is 0 Å². The summed E-state index contributed by atoms with van der Waals surface area (Å²) in [5.41, 5.74) is 5.80. The van der Waals surface area contributed by atoms with Gasteiger partial charge in [0.25, 0.3) is 16.0 Å². The lowest BCUT2D eigenvalue weighted by atomic mass is 9.75. The molecule has 256 valence electrons. The molecule has 14 heteroatoms. The molecule has 7 rings (SSSR count). The Bertz CT molecular complexity index is 2210. The number of aryl methyl sites for hydroxylation is 2. The van der Waals surface area contributed by atoms with Gasteiger partial charge in [-0.15, -0.1) is 0 Å². The molecule has 2 aliphatic carbocycles. The number of fused-ring (bicyclic) bond motifs is 2. The van der Waals surface area contributed by atoms with Gasteiger partial charge < -0.3 is 19.6 Å². The maximum Gasteiger partial charge on any atom is 0.328 e. The SMILES string of the molecule is CS(=O)(=O)O.Cn1c(C2(NC(=O)c3ccc4c(C5CCCC5)c(-c5ncc(Br)cn5)n(C)c4c3)CCC2)nc2ccc(/C=C/C(=O)O)cc21. The summed E-state index contributed by atoms with van der Waals surface area (Å²) in [6.07, 6.45) is 14.3. The minimum absolute atomic E-state index is 0.131. The average Bonchev–Trinajstić information content (AvgIpc) is 3.74. The van der Waals surface area contributed by atoms with Gasteiger partial charge in [-0.3, -0.25) is 9.35 Å². The fraction of sp³-hybridized carbons (Fsp3) is 0.343. The lowest BCUT2D eigenvalue weighted by molar-refractivity contribution is -0.131. The summed E-state index contributed by atoms with van der Waals surface area (Å²) in [4.78, 5) is 39.1. The van der Waals surface area contributed by atoms with Crippen molar-refractivity contribution in [2.24, 2.45) is 14.1 Å². The van der Waals surface area contributed by atoms with Crippen molar-refractivity contribution in [3.63, 3.8) is 0 Å². The van der Waals surface area contributed by atoms with Crippen molar-refractivity contribution >= 4 is 65.9 Å². The van der Waals surface area contributed by atoms with Gasteiger partial charge in [0.05, 0.1) is 33.0 Å². The first-order valence-electron chi connectivity index (χ1n) is 16.0. The van der Waals surface area contributed by atoms with Gasteiger partial charge in [-0.1, -0.05) is 25.0 Å². The molecule has 0 atom stereocenters. The third-order valence-corrected chi connectivity index (χ3v) is 9.82. The Labute approximate surface area is 292 Å². The molecular formula is C35H37BrN6O6S. The third-order valence-electron chi connectivity index (χ3n) is 9.41. The summed E-state index contributed by atoms with van der Waals surface area (Å²) in [6.45, 7) is 0. The quantitative estimate of drug-likeness (QED) is 0.127. The second-order valence-electron chi connectivity index (χ2n) is 12.8. The average molecular weight is 750 g/mol. The minimum Gasteiger partial charge on any atom is -0.478 e. The lowest BCUT2D eigenvalue weighted by Crippen LogP contribution is -2.52. The monoisotopic (exact) mass is 748 g/mol. The maximum atomic E-state index is 13.9. The molecule has 0 spiro atoms. The van der Waals surface area contributed by atoms with Gasteiger partial charge in [-0.2, -0.15) is 8.42 Å². The molecule has 5 aromatic rings. The summed E-state index contributed by atoms with van der Waals surface area (Å²) in [5, 5.41) is 13.5. The van der Waals surface area contributed by atoms with E-state index >= 15 is 0 Å². The standard InChI is InChI=1S/C34H33BrN6O3.CH4O3S/c1-40-26-17-22(10-11-24(26)29(21-6-3-4-7-21)30(40)31-36-18-23(35)19-37-31)32(44)39-34(14-5-15-34)33-38-25-12-8-20(9-13-28(42)43)16-27(25)41(33)2;1-5(2,3)4/h8-13,16-19,21H,3-7,14-15H2,1-2H3,(H,39,44)(H,42,43);1H3,(H,2,3,4)/b13-9+;. The molecule has 0 unspecified atom stereocenters. The number of carboxylic acid groups (broad SMARTS) is 1. The first-order valence-corrected chi connectivity index (χ1v) is 18.6. The molecule has 3 heterocycles. The Hall–Kier alpha value is -4.40. The van der Waals surface area contributed by atoms with Crippen LogP contribution in [0.25, 0.3) is 39.5 Å². The first kappa shape index (κ1) is 34.5. The van der Waals surface area contributed by atoms with Gasteiger partial charge in [0, 0.05) is 49.0 Å². The van der Waals surface area contributed by atoms with E-state index in [4.69, 9.17) is 14.6 Å². The molecule has 1 amide bonds. The van der Waals surface area contributed by atoms with E-state index in [-0.39, 0.29) is 5.91 Å². The molecule has 2 fully saturated rings. The second-order valence-corrected chi connectivity index (χ2v) is 15.2. The van der Waals surface area contributed by atoms with Crippen LogP contribution in [-0.2, 0) is 34.5 Å². The summed E-state index contributed by atoms with van der Waals surface area (Å²) >= 11 is 3.46. The zero-order valence-corrected chi connectivity index (χ0v) is 29.8. The zero-order chi connectivity index (χ0) is 35.1. The fourth-order valence-corrected chi connectivity index (χ4v) is 7.27. The van der Waals surface area contributed by atoms with Crippen molar-refractivity contribution < 1.29 is 27.7 Å². The normalized spacial score (nSPS) is 16.1. The van der Waals surface area contributed by atoms with Crippen LogP contribution >= 0.6 is 15.9 Å². The zero-order valence-electron chi connectivity index (χ0n) is 27.4. The largest absolute Gasteiger partial charge is 0.478 e. The molecule has 0 bridgehead atoms. The number of hydrogen-bond donors (Lipinski definition) is 3. The van der Waals surface area contributed by atoms with E-state index in [0.717, 1.165) is 81.7 Å². The summed E-state index contributed by atoms with van der Waals surface area (Å²) < 4.78 is 30.9. The van der Waals surface area contributed by atoms with E-state index in [9.17, 15) is 18.0 Å². The van der Waals surface area contributed by atoms with Crippen molar-refractivity contribution in [1.29, 1.82) is 0 Å². The highest BCUT2D eigenvalue weighted by Gasteiger charge is 2.44.